The van der Waals surface area contributed by atoms with E-state index in [2.05, 4.69) is 34.9 Å². The van der Waals surface area contributed by atoms with E-state index in [1.54, 1.807) is 24.3 Å². The third-order valence-electron chi connectivity index (χ3n) is 6.71. The molecule has 2 aliphatic carbocycles. The van der Waals surface area contributed by atoms with Crippen molar-refractivity contribution in [1.82, 2.24) is 5.32 Å². The largest absolute Gasteiger partial charge is 0.481 e. The van der Waals surface area contributed by atoms with Crippen molar-refractivity contribution in [1.29, 1.82) is 0 Å². The number of hydrogen-bond acceptors (Lipinski definition) is 4. The molecule has 0 bridgehead atoms. The molecule has 2 unspecified atom stereocenters. The average molecular weight is 471 g/mol. The number of carbonyl (C=O) groups is 3. The van der Waals surface area contributed by atoms with Crippen LogP contribution in [0.4, 0.5) is 10.5 Å². The zero-order chi connectivity index (χ0) is 24.4. The van der Waals surface area contributed by atoms with Gasteiger partial charge in [-0.15, -0.1) is 0 Å². The summed E-state index contributed by atoms with van der Waals surface area (Å²) >= 11 is 0. The number of carboxylic acids is 1. The molecule has 0 saturated heterocycles. The first kappa shape index (κ1) is 22.7. The van der Waals surface area contributed by atoms with Gasteiger partial charge in [-0.2, -0.15) is 0 Å². The second kappa shape index (κ2) is 9.62. The zero-order valence-electron chi connectivity index (χ0n) is 19.1. The summed E-state index contributed by atoms with van der Waals surface area (Å²) < 4.78 is 5.57. The van der Waals surface area contributed by atoms with Crippen LogP contribution in [0.15, 0.2) is 72.8 Å². The summed E-state index contributed by atoms with van der Waals surface area (Å²) in [4.78, 5) is 35.4. The molecule has 0 radical (unpaired) electrons. The Bertz CT molecular complexity index is 1220. The molecule has 1 fully saturated rings. The van der Waals surface area contributed by atoms with Crippen LogP contribution >= 0.6 is 0 Å². The van der Waals surface area contributed by atoms with Gasteiger partial charge >= 0.3 is 12.1 Å². The lowest BCUT2D eigenvalue weighted by atomic mass is 9.98. The molecule has 3 N–H and O–H groups in total. The van der Waals surface area contributed by atoms with Gasteiger partial charge in [0.1, 0.15) is 6.61 Å². The van der Waals surface area contributed by atoms with E-state index < -0.39 is 12.1 Å². The minimum Gasteiger partial charge on any atom is -0.481 e. The number of amides is 2. The molecular weight excluding hydrogens is 444 g/mol. The van der Waals surface area contributed by atoms with Gasteiger partial charge in [0.2, 0.25) is 5.91 Å². The Hall–Kier alpha value is -4.13. The summed E-state index contributed by atoms with van der Waals surface area (Å²) in [7, 11) is 0. The van der Waals surface area contributed by atoms with Crippen LogP contribution in [-0.2, 0) is 20.7 Å². The Morgan fingerprint density at radius 1 is 0.886 bits per heavy atom. The summed E-state index contributed by atoms with van der Waals surface area (Å²) in [5.41, 5.74) is 6.04. The van der Waals surface area contributed by atoms with Crippen molar-refractivity contribution in [2.75, 3.05) is 18.5 Å². The van der Waals surface area contributed by atoms with Crippen molar-refractivity contribution in [2.24, 2.45) is 11.8 Å². The van der Waals surface area contributed by atoms with Gasteiger partial charge in [0.15, 0.2) is 0 Å². The van der Waals surface area contributed by atoms with Gasteiger partial charge in [0.25, 0.3) is 0 Å². The molecule has 35 heavy (non-hydrogen) atoms. The topological polar surface area (TPSA) is 105 Å². The lowest BCUT2D eigenvalue weighted by molar-refractivity contribution is -0.139. The predicted molar refractivity (Wildman–Crippen MR) is 131 cm³/mol. The molecule has 1 saturated carbocycles. The van der Waals surface area contributed by atoms with Gasteiger partial charge in [0, 0.05) is 18.2 Å². The van der Waals surface area contributed by atoms with Crippen LogP contribution in [0.5, 0.6) is 0 Å². The molecule has 3 aromatic rings. The van der Waals surface area contributed by atoms with Crippen LogP contribution in [0.2, 0.25) is 0 Å². The van der Waals surface area contributed by atoms with Crippen LogP contribution in [0.1, 0.15) is 29.0 Å². The number of hydrogen-bond donors (Lipinski definition) is 3. The van der Waals surface area contributed by atoms with Gasteiger partial charge in [-0.3, -0.25) is 14.9 Å². The summed E-state index contributed by atoms with van der Waals surface area (Å²) in [5, 5.41) is 14.5. The minimum absolute atomic E-state index is 0.00421. The maximum atomic E-state index is 12.4. The first-order valence-electron chi connectivity index (χ1n) is 11.7. The molecule has 2 aliphatic rings. The summed E-state index contributed by atoms with van der Waals surface area (Å²) in [5.74, 6) is -1.27. The predicted octanol–water partition coefficient (Wildman–Crippen LogP) is 4.43. The molecule has 7 heteroatoms. The molecule has 7 nitrogen and oxygen atoms in total. The van der Waals surface area contributed by atoms with Gasteiger partial charge < -0.3 is 15.2 Å². The molecule has 0 heterocycles. The molecule has 178 valence electrons. The van der Waals surface area contributed by atoms with Gasteiger partial charge in [0.05, 0.1) is 12.3 Å². The van der Waals surface area contributed by atoms with Crippen molar-refractivity contribution in [2.45, 2.75) is 18.8 Å². The lowest BCUT2D eigenvalue weighted by Gasteiger charge is -2.14. The lowest BCUT2D eigenvalue weighted by Crippen LogP contribution is -2.28. The monoisotopic (exact) mass is 470 g/mol. The first-order chi connectivity index (χ1) is 17.0. The molecule has 5 rings (SSSR count). The van der Waals surface area contributed by atoms with Gasteiger partial charge in [-0.05, 0) is 52.3 Å². The Morgan fingerprint density at radius 3 is 2.11 bits per heavy atom. The molecule has 2 amide bonds. The van der Waals surface area contributed by atoms with E-state index in [9.17, 15) is 14.4 Å². The highest BCUT2D eigenvalue weighted by Gasteiger charge is 2.42. The fourth-order valence-electron chi connectivity index (χ4n) is 4.73. The quantitative estimate of drug-likeness (QED) is 0.452. The number of benzene rings is 3. The van der Waals surface area contributed by atoms with E-state index >= 15 is 0 Å². The number of aliphatic carboxylic acids is 1. The third kappa shape index (κ3) is 5.04. The minimum atomic E-state index is -0.802. The molecule has 3 aromatic carbocycles. The summed E-state index contributed by atoms with van der Waals surface area (Å²) in [6.07, 6.45) is 0.274. The third-order valence-corrected chi connectivity index (χ3v) is 6.71. The summed E-state index contributed by atoms with van der Waals surface area (Å²) in [6.45, 7) is 0.624. The highest BCUT2D eigenvalue weighted by Crippen LogP contribution is 2.44. The van der Waals surface area contributed by atoms with Gasteiger partial charge in [-0.1, -0.05) is 60.7 Å². The van der Waals surface area contributed by atoms with Crippen molar-refractivity contribution >= 4 is 23.7 Å². The van der Waals surface area contributed by atoms with E-state index in [-0.39, 0.29) is 36.7 Å². The number of carbonyl (C=O) groups excluding carboxylic acids is 2. The number of fused-ring (bicyclic) bond motifs is 3. The van der Waals surface area contributed by atoms with E-state index in [0.717, 1.165) is 16.7 Å². The molecule has 2 atom stereocenters. The standard InChI is InChI=1S/C28H26N2O5/c31-26(29-15-18-14-24(18)27(32)33)13-17-9-11-19(12-10-17)30-28(34)35-16-25-22-7-3-1-5-20(22)21-6-2-4-8-23(21)25/h1-12,18,24-25H,13-16H2,(H,29,31)(H,30,34)(H,32,33). The highest BCUT2D eigenvalue weighted by atomic mass is 16.5. The van der Waals surface area contributed by atoms with Crippen molar-refractivity contribution in [3.05, 3.63) is 89.5 Å². The number of carboxylic acid groups (broad SMARTS) is 1. The highest BCUT2D eigenvalue weighted by molar-refractivity contribution is 5.85. The van der Waals surface area contributed by atoms with Crippen LogP contribution in [0.3, 0.4) is 0 Å². The Morgan fingerprint density at radius 2 is 1.51 bits per heavy atom. The van der Waals surface area contributed by atoms with Crippen LogP contribution in [0.25, 0.3) is 11.1 Å². The first-order valence-corrected chi connectivity index (χ1v) is 11.7. The zero-order valence-corrected chi connectivity index (χ0v) is 19.1. The number of nitrogens with one attached hydrogen (secondary N) is 2. The average Bonchev–Trinajstić information content (AvgIpc) is 3.58. The number of ether oxygens (including phenoxy) is 1. The van der Waals surface area contributed by atoms with Crippen LogP contribution in [-0.4, -0.2) is 36.2 Å². The maximum Gasteiger partial charge on any atom is 0.411 e. The second-order valence-corrected chi connectivity index (χ2v) is 9.07. The Balaban J connectivity index is 1.11. The van der Waals surface area contributed by atoms with E-state index in [0.29, 0.717) is 18.7 Å². The molecule has 0 aromatic heterocycles. The van der Waals surface area contributed by atoms with Crippen molar-refractivity contribution in [3.63, 3.8) is 0 Å². The Kier molecular flexibility index (Phi) is 6.23. The molecular formula is C28H26N2O5. The van der Waals surface area contributed by atoms with E-state index in [1.165, 1.54) is 11.1 Å². The second-order valence-electron chi connectivity index (χ2n) is 9.07. The van der Waals surface area contributed by atoms with Crippen LogP contribution < -0.4 is 10.6 Å². The van der Waals surface area contributed by atoms with E-state index in [4.69, 9.17) is 9.84 Å². The maximum absolute atomic E-state index is 12.4. The van der Waals surface area contributed by atoms with Crippen molar-refractivity contribution in [3.8, 4) is 11.1 Å². The smallest absolute Gasteiger partial charge is 0.411 e. The van der Waals surface area contributed by atoms with Gasteiger partial charge in [-0.25, -0.2) is 4.79 Å². The van der Waals surface area contributed by atoms with Crippen LogP contribution in [0, 0.1) is 11.8 Å². The fourth-order valence-corrected chi connectivity index (χ4v) is 4.73. The number of anilines is 1. The summed E-state index contributed by atoms with van der Waals surface area (Å²) in [6, 6.07) is 23.4. The molecule has 0 spiro atoms. The molecule has 0 aliphatic heterocycles. The van der Waals surface area contributed by atoms with E-state index in [1.807, 2.05) is 24.3 Å². The SMILES string of the molecule is O=C(Cc1ccc(NC(=O)OCC2c3ccccc3-c3ccccc32)cc1)NCC1CC1C(=O)O. The fraction of sp³-hybridized carbons (Fsp3) is 0.250. The Labute approximate surface area is 203 Å². The van der Waals surface area contributed by atoms with Crippen molar-refractivity contribution < 1.29 is 24.2 Å². The number of rotatable bonds is 8. The normalized spacial score (nSPS) is 17.7.